The number of likely N-dealkylation sites (tertiary alicyclic amines) is 2. The lowest BCUT2D eigenvalue weighted by atomic mass is 9.91. The largest absolute Gasteiger partial charge is 0.492 e. The van der Waals surface area contributed by atoms with Gasteiger partial charge in [0, 0.05) is 32.2 Å². The van der Waals surface area contributed by atoms with Crippen LogP contribution in [0.1, 0.15) is 32.1 Å². The van der Waals surface area contributed by atoms with Crippen molar-refractivity contribution in [3.63, 3.8) is 0 Å². The van der Waals surface area contributed by atoms with Gasteiger partial charge in [0.1, 0.15) is 18.1 Å². The predicted molar refractivity (Wildman–Crippen MR) is 142 cm³/mol. The van der Waals surface area contributed by atoms with E-state index in [1.807, 2.05) is 48.5 Å². The van der Waals surface area contributed by atoms with E-state index >= 15 is 0 Å². The highest BCUT2D eigenvalue weighted by Crippen LogP contribution is 2.32. The number of aliphatic hydroxyl groups is 1. The molecular formula is C28H35N3O4S. The van der Waals surface area contributed by atoms with Gasteiger partial charge in [-0.3, -0.25) is 9.69 Å². The Hall–Kier alpha value is -2.68. The van der Waals surface area contributed by atoms with E-state index < -0.39 is 0 Å². The Morgan fingerprint density at radius 2 is 1.69 bits per heavy atom. The molecule has 1 N–H and O–H groups in total. The maximum atomic E-state index is 12.9. The van der Waals surface area contributed by atoms with Gasteiger partial charge in [-0.2, -0.15) is 0 Å². The standard InChI is InChI=1S/C28H35N3O4S/c32-19-13-21-9-16-31(17-10-21)27(33)22-11-14-30(15-12-22)18-20-34-23-5-7-24(8-6-23)35-28-29-25-3-1-2-4-26(25)36-28/h1-8,21-22,32H,9-20H2. The average molecular weight is 510 g/mol. The molecule has 3 heterocycles. The molecule has 7 nitrogen and oxygen atoms in total. The Morgan fingerprint density at radius 1 is 0.972 bits per heavy atom. The number of carbonyl (C=O) groups excluding carboxylic acids is 1. The van der Waals surface area contributed by atoms with Crippen molar-refractivity contribution in [3.05, 3.63) is 48.5 Å². The summed E-state index contributed by atoms with van der Waals surface area (Å²) in [5.74, 6) is 2.62. The molecule has 0 aliphatic carbocycles. The van der Waals surface area contributed by atoms with Crippen LogP contribution in [0.5, 0.6) is 16.7 Å². The zero-order chi connectivity index (χ0) is 24.7. The fourth-order valence-electron chi connectivity index (χ4n) is 5.18. The second kappa shape index (κ2) is 12.0. The summed E-state index contributed by atoms with van der Waals surface area (Å²) in [6.07, 6.45) is 4.76. The molecule has 0 spiro atoms. The van der Waals surface area contributed by atoms with E-state index in [0.29, 0.717) is 23.6 Å². The summed E-state index contributed by atoms with van der Waals surface area (Å²) in [5, 5.41) is 9.77. The summed E-state index contributed by atoms with van der Waals surface area (Å²) >= 11 is 1.54. The predicted octanol–water partition coefficient (Wildman–Crippen LogP) is 4.80. The molecule has 36 heavy (non-hydrogen) atoms. The van der Waals surface area contributed by atoms with Gasteiger partial charge in [-0.25, -0.2) is 4.98 Å². The number of carbonyl (C=O) groups is 1. The number of benzene rings is 2. The molecule has 0 atom stereocenters. The van der Waals surface area contributed by atoms with Crippen molar-refractivity contribution < 1.29 is 19.4 Å². The summed E-state index contributed by atoms with van der Waals surface area (Å²) in [4.78, 5) is 21.9. The smallest absolute Gasteiger partial charge is 0.279 e. The van der Waals surface area contributed by atoms with Crippen LogP contribution in [0.3, 0.4) is 0 Å². The molecule has 0 saturated carbocycles. The third-order valence-electron chi connectivity index (χ3n) is 7.38. The van der Waals surface area contributed by atoms with Crippen LogP contribution in [0, 0.1) is 11.8 Å². The first-order valence-corrected chi connectivity index (χ1v) is 13.9. The summed E-state index contributed by atoms with van der Waals surface area (Å²) in [7, 11) is 0. The molecule has 192 valence electrons. The Balaban J connectivity index is 1.00. The number of nitrogens with zero attached hydrogens (tertiary/aromatic N) is 3. The number of piperidine rings is 2. The van der Waals surface area contributed by atoms with Gasteiger partial charge in [-0.15, -0.1) is 0 Å². The minimum atomic E-state index is 0.152. The Kier molecular flexibility index (Phi) is 8.36. The van der Waals surface area contributed by atoms with Crippen LogP contribution in [0.25, 0.3) is 10.2 Å². The van der Waals surface area contributed by atoms with Gasteiger partial charge in [0.2, 0.25) is 5.91 Å². The number of rotatable bonds is 9. The van der Waals surface area contributed by atoms with Gasteiger partial charge in [0.05, 0.1) is 10.2 Å². The van der Waals surface area contributed by atoms with Crippen LogP contribution in [0.4, 0.5) is 0 Å². The molecule has 2 aliphatic rings. The number of para-hydroxylation sites is 1. The lowest BCUT2D eigenvalue weighted by Gasteiger charge is -2.37. The summed E-state index contributed by atoms with van der Waals surface area (Å²) < 4.78 is 13.0. The molecule has 2 aromatic carbocycles. The zero-order valence-corrected chi connectivity index (χ0v) is 21.5. The van der Waals surface area contributed by atoms with Crippen LogP contribution >= 0.6 is 11.3 Å². The van der Waals surface area contributed by atoms with Crippen molar-refractivity contribution >= 4 is 27.5 Å². The van der Waals surface area contributed by atoms with E-state index in [-0.39, 0.29) is 12.5 Å². The van der Waals surface area contributed by atoms with Gasteiger partial charge in [0.25, 0.3) is 5.19 Å². The maximum Gasteiger partial charge on any atom is 0.279 e. The summed E-state index contributed by atoms with van der Waals surface area (Å²) in [6, 6.07) is 15.7. The fourth-order valence-corrected chi connectivity index (χ4v) is 6.01. The summed E-state index contributed by atoms with van der Waals surface area (Å²) in [6.45, 7) is 5.31. The molecule has 0 bridgehead atoms. The second-order valence-electron chi connectivity index (χ2n) is 9.77. The molecular weight excluding hydrogens is 474 g/mol. The minimum Gasteiger partial charge on any atom is -0.492 e. The zero-order valence-electron chi connectivity index (χ0n) is 20.7. The van der Waals surface area contributed by atoms with Crippen LogP contribution in [0.2, 0.25) is 0 Å². The van der Waals surface area contributed by atoms with Crippen molar-refractivity contribution in [1.29, 1.82) is 0 Å². The average Bonchev–Trinajstić information content (AvgIpc) is 3.33. The van der Waals surface area contributed by atoms with Crippen LogP contribution < -0.4 is 9.47 Å². The third-order valence-corrected chi connectivity index (χ3v) is 8.29. The van der Waals surface area contributed by atoms with E-state index in [9.17, 15) is 4.79 Å². The van der Waals surface area contributed by atoms with Crippen molar-refractivity contribution in [2.24, 2.45) is 11.8 Å². The maximum absolute atomic E-state index is 12.9. The number of fused-ring (bicyclic) bond motifs is 1. The molecule has 8 heteroatoms. The Bertz CT molecular complexity index is 1090. The van der Waals surface area contributed by atoms with E-state index in [4.69, 9.17) is 14.6 Å². The highest BCUT2D eigenvalue weighted by molar-refractivity contribution is 7.20. The highest BCUT2D eigenvalue weighted by Gasteiger charge is 2.30. The monoisotopic (exact) mass is 509 g/mol. The third kappa shape index (κ3) is 6.35. The minimum absolute atomic E-state index is 0.152. The van der Waals surface area contributed by atoms with Crippen molar-refractivity contribution in [2.45, 2.75) is 32.1 Å². The van der Waals surface area contributed by atoms with Crippen molar-refractivity contribution in [3.8, 4) is 16.7 Å². The van der Waals surface area contributed by atoms with Gasteiger partial charge < -0.3 is 19.5 Å². The van der Waals surface area contributed by atoms with Crippen molar-refractivity contribution in [2.75, 3.05) is 45.9 Å². The number of aromatic nitrogens is 1. The molecule has 0 radical (unpaired) electrons. The van der Waals surface area contributed by atoms with Crippen LogP contribution in [0.15, 0.2) is 48.5 Å². The van der Waals surface area contributed by atoms with E-state index in [1.54, 1.807) is 0 Å². The molecule has 1 aromatic heterocycles. The Labute approximate surface area is 216 Å². The number of thiazole rings is 1. The SMILES string of the molecule is O=C(C1CCN(CCOc2ccc(Oc3nc4ccccc4s3)cc2)CC1)N1CCC(CCO)CC1. The molecule has 5 rings (SSSR count). The quantitative estimate of drug-likeness (QED) is 0.447. The number of hydrogen-bond acceptors (Lipinski definition) is 7. The van der Waals surface area contributed by atoms with E-state index in [2.05, 4.69) is 14.8 Å². The Morgan fingerprint density at radius 3 is 2.42 bits per heavy atom. The van der Waals surface area contributed by atoms with E-state index in [0.717, 1.165) is 86.5 Å². The first-order valence-electron chi connectivity index (χ1n) is 13.1. The molecule has 3 aromatic rings. The highest BCUT2D eigenvalue weighted by atomic mass is 32.1. The lowest BCUT2D eigenvalue weighted by molar-refractivity contribution is -0.138. The molecule has 2 fully saturated rings. The first kappa shape index (κ1) is 25.0. The fraction of sp³-hybridized carbons (Fsp3) is 0.500. The van der Waals surface area contributed by atoms with Gasteiger partial charge >= 0.3 is 0 Å². The number of amides is 1. The topological polar surface area (TPSA) is 75.1 Å². The van der Waals surface area contributed by atoms with Crippen LogP contribution in [-0.4, -0.2) is 71.7 Å². The number of ether oxygens (including phenoxy) is 2. The van der Waals surface area contributed by atoms with Crippen LogP contribution in [-0.2, 0) is 4.79 Å². The van der Waals surface area contributed by atoms with Gasteiger partial charge in [-0.1, -0.05) is 23.5 Å². The van der Waals surface area contributed by atoms with Gasteiger partial charge in [-0.05, 0) is 87.5 Å². The molecule has 2 saturated heterocycles. The first-order chi connectivity index (χ1) is 17.7. The van der Waals surface area contributed by atoms with E-state index in [1.165, 1.54) is 11.3 Å². The lowest BCUT2D eigenvalue weighted by Crippen LogP contribution is -2.46. The number of aliphatic hydroxyl groups excluding tert-OH is 1. The van der Waals surface area contributed by atoms with Crippen molar-refractivity contribution in [1.82, 2.24) is 14.8 Å². The molecule has 2 aliphatic heterocycles. The van der Waals surface area contributed by atoms with Gasteiger partial charge in [0.15, 0.2) is 0 Å². The molecule has 0 unspecified atom stereocenters. The number of hydrogen-bond donors (Lipinski definition) is 1. The normalized spacial score (nSPS) is 18.0. The molecule has 1 amide bonds. The summed E-state index contributed by atoms with van der Waals surface area (Å²) in [5.41, 5.74) is 0.949. The second-order valence-corrected chi connectivity index (χ2v) is 10.8.